The van der Waals surface area contributed by atoms with Crippen molar-refractivity contribution in [2.75, 3.05) is 0 Å². The van der Waals surface area contributed by atoms with Crippen LogP contribution in [-0.2, 0) is 7.05 Å². The second-order valence-electron chi connectivity index (χ2n) is 7.09. The Balaban J connectivity index is 2.60. The molecular weight excluding hydrogens is 350 g/mol. The lowest BCUT2D eigenvalue weighted by atomic mass is 9.98. The fourth-order valence-corrected chi connectivity index (χ4v) is 3.08. The van der Waals surface area contributed by atoms with Gasteiger partial charge in [0.05, 0.1) is 16.7 Å². The Morgan fingerprint density at radius 1 is 1.52 bits per heavy atom. The summed E-state index contributed by atoms with van der Waals surface area (Å²) in [6.45, 7) is 9.12. The number of hydrogen-bond acceptors (Lipinski definition) is 5. The van der Waals surface area contributed by atoms with Crippen molar-refractivity contribution >= 4 is 11.8 Å². The van der Waals surface area contributed by atoms with Crippen molar-refractivity contribution in [3.05, 3.63) is 53.0 Å². The van der Waals surface area contributed by atoms with Crippen LogP contribution in [0.25, 0.3) is 11.3 Å². The van der Waals surface area contributed by atoms with E-state index in [0.29, 0.717) is 23.4 Å². The molecule has 0 aromatic carbocycles. The third-order valence-electron chi connectivity index (χ3n) is 4.14. The van der Waals surface area contributed by atoms with Gasteiger partial charge in [0.15, 0.2) is 0 Å². The normalized spacial score (nSPS) is 12.4. The zero-order valence-electron chi connectivity index (χ0n) is 15.8. The molecule has 1 amide bonds. The van der Waals surface area contributed by atoms with Gasteiger partial charge in [0.25, 0.3) is 0 Å². The number of amides is 1. The lowest BCUT2D eigenvalue weighted by Gasteiger charge is -2.39. The number of carbonyl (C=O) groups is 1. The van der Waals surface area contributed by atoms with Gasteiger partial charge in [-0.2, -0.15) is 5.10 Å². The number of aryl methyl sites for hydroxylation is 1. The van der Waals surface area contributed by atoms with Crippen LogP contribution in [-0.4, -0.2) is 41.3 Å². The minimum Gasteiger partial charge on any atom is -0.465 e. The van der Waals surface area contributed by atoms with E-state index in [1.807, 2.05) is 0 Å². The van der Waals surface area contributed by atoms with Gasteiger partial charge in [-0.1, -0.05) is 6.08 Å². The molecule has 1 N–H and O–H groups in total. The molecule has 0 fully saturated rings. The summed E-state index contributed by atoms with van der Waals surface area (Å²) in [4.78, 5) is 28.4. The molecule has 0 bridgehead atoms. The Labute approximate surface area is 157 Å². The Morgan fingerprint density at radius 2 is 2.19 bits per heavy atom. The van der Waals surface area contributed by atoms with E-state index in [2.05, 4.69) is 16.7 Å². The largest absolute Gasteiger partial charge is 0.465 e. The number of nitrogens with zero attached hydrogens (tertiary/aromatic N) is 5. The number of rotatable bonds is 6. The highest BCUT2D eigenvalue weighted by Crippen LogP contribution is 2.34. The summed E-state index contributed by atoms with van der Waals surface area (Å²) in [5.41, 5.74) is 0.565. The van der Waals surface area contributed by atoms with Gasteiger partial charge in [-0.25, -0.2) is 4.79 Å². The average molecular weight is 373 g/mol. The van der Waals surface area contributed by atoms with Gasteiger partial charge in [0, 0.05) is 24.3 Å². The van der Waals surface area contributed by atoms with Gasteiger partial charge in [0.2, 0.25) is 0 Å². The van der Waals surface area contributed by atoms with E-state index in [0.717, 1.165) is 0 Å². The second-order valence-corrected chi connectivity index (χ2v) is 7.09. The maximum absolute atomic E-state index is 11.9. The van der Waals surface area contributed by atoms with Crippen LogP contribution in [0.2, 0.25) is 0 Å². The quantitative estimate of drug-likeness (QED) is 0.468. The molecule has 9 nitrogen and oxygen atoms in total. The molecule has 0 aliphatic carbocycles. The summed E-state index contributed by atoms with van der Waals surface area (Å²) in [5.74, 6) is 0. The lowest BCUT2D eigenvalue weighted by molar-refractivity contribution is -0.384. The number of carboxylic acid groups (broad SMARTS) is 1. The van der Waals surface area contributed by atoms with E-state index < -0.39 is 22.6 Å². The molecule has 0 saturated heterocycles. The van der Waals surface area contributed by atoms with Crippen molar-refractivity contribution in [2.24, 2.45) is 7.05 Å². The minimum absolute atomic E-state index is 0.124. The van der Waals surface area contributed by atoms with Crippen molar-refractivity contribution < 1.29 is 14.8 Å². The molecule has 9 heteroatoms. The molecule has 0 spiro atoms. The van der Waals surface area contributed by atoms with Gasteiger partial charge in [-0.3, -0.25) is 24.7 Å². The molecule has 0 aliphatic heterocycles. The van der Waals surface area contributed by atoms with Crippen LogP contribution >= 0.6 is 0 Å². The molecule has 2 aromatic heterocycles. The zero-order valence-corrected chi connectivity index (χ0v) is 15.8. The van der Waals surface area contributed by atoms with Crippen molar-refractivity contribution in [2.45, 2.75) is 38.8 Å². The topological polar surface area (TPSA) is 114 Å². The molecular formula is C18H23N5O4. The predicted molar refractivity (Wildman–Crippen MR) is 100 cm³/mol. The molecule has 2 aromatic rings. The summed E-state index contributed by atoms with van der Waals surface area (Å²) in [6, 6.07) is 2.73. The standard InChI is InChI=1S/C18H23N5O4/c1-6-7-14(22(17(24)25)18(2,3)4)13-10-12(8-9-19-13)16-15(23(26)27)11-20-21(16)5/h6,8-11,14H,1,7H2,2-5H3,(H,24,25). The fourth-order valence-electron chi connectivity index (χ4n) is 3.08. The van der Waals surface area contributed by atoms with E-state index in [-0.39, 0.29) is 5.69 Å². The van der Waals surface area contributed by atoms with Crippen LogP contribution in [0.4, 0.5) is 10.5 Å². The van der Waals surface area contributed by atoms with Crippen molar-refractivity contribution in [3.8, 4) is 11.3 Å². The van der Waals surface area contributed by atoms with Gasteiger partial charge in [-0.05, 0) is 39.3 Å². The predicted octanol–water partition coefficient (Wildman–Crippen LogP) is 3.79. The first-order chi connectivity index (χ1) is 12.6. The second kappa shape index (κ2) is 7.56. The zero-order chi connectivity index (χ0) is 20.4. The maximum Gasteiger partial charge on any atom is 0.408 e. The summed E-state index contributed by atoms with van der Waals surface area (Å²) in [7, 11) is 1.61. The van der Waals surface area contributed by atoms with E-state index in [1.165, 1.54) is 22.0 Å². The molecule has 0 saturated carbocycles. The van der Waals surface area contributed by atoms with Crippen LogP contribution in [0, 0.1) is 10.1 Å². The fraction of sp³-hybridized carbons (Fsp3) is 0.389. The molecule has 2 rings (SSSR count). The van der Waals surface area contributed by atoms with E-state index in [1.54, 1.807) is 46.0 Å². The smallest absolute Gasteiger partial charge is 0.408 e. The highest BCUT2D eigenvalue weighted by atomic mass is 16.6. The number of aromatic nitrogens is 3. The molecule has 0 aliphatic rings. The molecule has 1 atom stereocenters. The average Bonchev–Trinajstić information content (AvgIpc) is 2.95. The molecule has 144 valence electrons. The summed E-state index contributed by atoms with van der Waals surface area (Å²) >= 11 is 0. The van der Waals surface area contributed by atoms with Crippen LogP contribution in [0.5, 0.6) is 0 Å². The van der Waals surface area contributed by atoms with Crippen molar-refractivity contribution in [1.29, 1.82) is 0 Å². The van der Waals surface area contributed by atoms with E-state index in [9.17, 15) is 20.0 Å². The van der Waals surface area contributed by atoms with Crippen LogP contribution in [0.1, 0.15) is 38.9 Å². The maximum atomic E-state index is 11.9. The van der Waals surface area contributed by atoms with Gasteiger partial charge in [0.1, 0.15) is 11.9 Å². The first-order valence-corrected chi connectivity index (χ1v) is 8.33. The summed E-state index contributed by atoms with van der Waals surface area (Å²) in [6.07, 6.45) is 3.61. The van der Waals surface area contributed by atoms with Crippen molar-refractivity contribution in [1.82, 2.24) is 19.7 Å². The highest BCUT2D eigenvalue weighted by Gasteiger charge is 2.34. The van der Waals surface area contributed by atoms with Gasteiger partial charge in [-0.15, -0.1) is 6.58 Å². The van der Waals surface area contributed by atoms with E-state index in [4.69, 9.17) is 0 Å². The Bertz CT molecular complexity index is 869. The van der Waals surface area contributed by atoms with Crippen LogP contribution in [0.15, 0.2) is 37.2 Å². The minimum atomic E-state index is -1.08. The third-order valence-corrected chi connectivity index (χ3v) is 4.14. The van der Waals surface area contributed by atoms with Crippen LogP contribution < -0.4 is 0 Å². The Hall–Kier alpha value is -3.23. The number of nitro groups is 1. The Kier molecular flexibility index (Phi) is 5.63. The molecule has 1 unspecified atom stereocenters. The first-order valence-electron chi connectivity index (χ1n) is 8.33. The lowest BCUT2D eigenvalue weighted by Crippen LogP contribution is -2.47. The Morgan fingerprint density at radius 3 is 2.70 bits per heavy atom. The van der Waals surface area contributed by atoms with Crippen molar-refractivity contribution in [3.63, 3.8) is 0 Å². The van der Waals surface area contributed by atoms with Gasteiger partial charge >= 0.3 is 11.8 Å². The first kappa shape index (κ1) is 20.1. The molecule has 27 heavy (non-hydrogen) atoms. The molecule has 0 radical (unpaired) electrons. The number of pyridine rings is 1. The van der Waals surface area contributed by atoms with Gasteiger partial charge < -0.3 is 5.11 Å². The highest BCUT2D eigenvalue weighted by molar-refractivity contribution is 5.70. The monoisotopic (exact) mass is 373 g/mol. The molecule has 2 heterocycles. The summed E-state index contributed by atoms with van der Waals surface area (Å²) in [5, 5.41) is 25.0. The third kappa shape index (κ3) is 4.13. The number of hydrogen-bond donors (Lipinski definition) is 1. The van der Waals surface area contributed by atoms with E-state index >= 15 is 0 Å². The SMILES string of the molecule is C=CCC(c1cc(-c2c([N+](=O)[O-])cnn2C)ccn1)N(C(=O)O)C(C)(C)C. The summed E-state index contributed by atoms with van der Waals surface area (Å²) < 4.78 is 1.42. The van der Waals surface area contributed by atoms with Crippen LogP contribution in [0.3, 0.4) is 0 Å².